The molecule has 8 heteroatoms. The van der Waals surface area contributed by atoms with Crippen molar-refractivity contribution in [3.8, 4) is 5.75 Å². The van der Waals surface area contributed by atoms with E-state index in [-0.39, 0.29) is 12.3 Å². The van der Waals surface area contributed by atoms with E-state index in [1.807, 2.05) is 25.1 Å². The summed E-state index contributed by atoms with van der Waals surface area (Å²) in [6.07, 6.45) is -4.73. The van der Waals surface area contributed by atoms with Crippen LogP contribution in [0.15, 0.2) is 47.5 Å². The van der Waals surface area contributed by atoms with Crippen LogP contribution in [0.3, 0.4) is 0 Å². The number of hydrogen-bond acceptors (Lipinski definition) is 3. The lowest BCUT2D eigenvalue weighted by atomic mass is 10.2. The number of para-hydroxylation sites is 1. The van der Waals surface area contributed by atoms with Crippen LogP contribution < -0.4 is 15.4 Å². The van der Waals surface area contributed by atoms with Gasteiger partial charge in [-0.25, -0.2) is 0 Å². The molecule has 2 rings (SSSR count). The molecule has 2 aromatic rings. The molecule has 0 unspecified atom stereocenters. The maximum atomic E-state index is 12.4. The Morgan fingerprint density at radius 3 is 2.48 bits per heavy atom. The van der Waals surface area contributed by atoms with Crippen LogP contribution in [0, 0.1) is 6.92 Å². The van der Waals surface area contributed by atoms with Crippen molar-refractivity contribution < 1.29 is 17.9 Å². The number of guanidine groups is 1. The summed E-state index contributed by atoms with van der Waals surface area (Å²) >= 11 is 0. The van der Waals surface area contributed by atoms with Gasteiger partial charge in [-0.1, -0.05) is 24.3 Å². The van der Waals surface area contributed by atoms with Gasteiger partial charge >= 0.3 is 6.36 Å². The number of nitrogens with one attached hydrogen (secondary N) is 2. The van der Waals surface area contributed by atoms with Gasteiger partial charge in [0.1, 0.15) is 5.75 Å². The molecule has 5 nitrogen and oxygen atoms in total. The average molecular weight is 352 g/mol. The summed E-state index contributed by atoms with van der Waals surface area (Å²) in [5.74, 6) is 0.212. The highest BCUT2D eigenvalue weighted by Crippen LogP contribution is 2.25. The molecule has 0 aliphatic rings. The highest BCUT2D eigenvalue weighted by Gasteiger charge is 2.31. The summed E-state index contributed by atoms with van der Waals surface area (Å²) in [7, 11) is 1.58. The molecule has 0 radical (unpaired) electrons. The van der Waals surface area contributed by atoms with Gasteiger partial charge in [0, 0.05) is 24.8 Å². The highest BCUT2D eigenvalue weighted by atomic mass is 19.4. The second-order valence-corrected chi connectivity index (χ2v) is 5.21. The lowest BCUT2D eigenvalue weighted by molar-refractivity contribution is -0.274. The van der Waals surface area contributed by atoms with Gasteiger partial charge in [0.2, 0.25) is 0 Å². The number of aromatic nitrogens is 1. The molecule has 0 atom stereocenters. The van der Waals surface area contributed by atoms with E-state index < -0.39 is 6.36 Å². The maximum absolute atomic E-state index is 12.4. The van der Waals surface area contributed by atoms with Crippen LogP contribution in [0.1, 0.15) is 17.0 Å². The van der Waals surface area contributed by atoms with Crippen molar-refractivity contribution in [3.05, 3.63) is 59.4 Å². The third-order valence-electron chi connectivity index (χ3n) is 3.25. The molecule has 1 heterocycles. The number of pyridine rings is 1. The van der Waals surface area contributed by atoms with E-state index in [1.54, 1.807) is 19.2 Å². The fourth-order valence-corrected chi connectivity index (χ4v) is 2.15. The number of aryl methyl sites for hydroxylation is 1. The second-order valence-electron chi connectivity index (χ2n) is 5.21. The number of halogens is 3. The Bertz CT molecular complexity index is 732. The predicted octanol–water partition coefficient (Wildman–Crippen LogP) is 3.15. The van der Waals surface area contributed by atoms with Gasteiger partial charge < -0.3 is 15.4 Å². The van der Waals surface area contributed by atoms with E-state index in [0.29, 0.717) is 18.1 Å². The molecule has 2 N–H and O–H groups in total. The van der Waals surface area contributed by atoms with Crippen LogP contribution in [0.25, 0.3) is 0 Å². The molecule has 0 fully saturated rings. The molecule has 0 spiro atoms. The van der Waals surface area contributed by atoms with Crippen molar-refractivity contribution in [1.29, 1.82) is 0 Å². The lowest BCUT2D eigenvalue weighted by Gasteiger charge is -2.15. The van der Waals surface area contributed by atoms with Crippen LogP contribution in [0.2, 0.25) is 0 Å². The van der Waals surface area contributed by atoms with Gasteiger partial charge in [-0.05, 0) is 25.1 Å². The Kier molecular flexibility index (Phi) is 6.21. The summed E-state index contributed by atoms with van der Waals surface area (Å²) in [4.78, 5) is 8.41. The summed E-state index contributed by atoms with van der Waals surface area (Å²) in [5, 5.41) is 6.02. The van der Waals surface area contributed by atoms with Gasteiger partial charge in [0.05, 0.1) is 12.2 Å². The molecule has 25 heavy (non-hydrogen) atoms. The Morgan fingerprint density at radius 2 is 1.80 bits per heavy atom. The van der Waals surface area contributed by atoms with E-state index in [9.17, 15) is 13.2 Å². The van der Waals surface area contributed by atoms with E-state index in [1.165, 1.54) is 12.1 Å². The molecular weight excluding hydrogens is 333 g/mol. The molecular formula is C17H19F3N4O. The second kappa shape index (κ2) is 8.36. The Labute approximate surface area is 144 Å². The Balaban J connectivity index is 1.95. The smallest absolute Gasteiger partial charge is 0.405 e. The first-order valence-corrected chi connectivity index (χ1v) is 7.58. The number of benzene rings is 1. The van der Waals surface area contributed by atoms with Crippen molar-refractivity contribution in [1.82, 2.24) is 15.6 Å². The minimum absolute atomic E-state index is 0.132. The van der Waals surface area contributed by atoms with E-state index in [4.69, 9.17) is 0 Å². The minimum atomic E-state index is -4.73. The van der Waals surface area contributed by atoms with Gasteiger partial charge in [-0.2, -0.15) is 0 Å². The highest BCUT2D eigenvalue weighted by molar-refractivity contribution is 5.79. The van der Waals surface area contributed by atoms with E-state index >= 15 is 0 Å². The molecule has 0 amide bonds. The molecule has 0 saturated heterocycles. The fraction of sp³-hybridized carbons (Fsp3) is 0.294. The van der Waals surface area contributed by atoms with Crippen LogP contribution in [-0.2, 0) is 13.1 Å². The molecule has 0 bridgehead atoms. The quantitative estimate of drug-likeness (QED) is 0.641. The average Bonchev–Trinajstić information content (AvgIpc) is 2.55. The zero-order chi connectivity index (χ0) is 18.3. The standard InChI is InChI=1S/C17H19F3N4O/c1-12-6-5-8-14(24-12)11-23-16(21-2)22-10-13-7-3-4-9-15(13)25-17(18,19)20/h3-9H,10-11H2,1-2H3,(H2,21,22,23). The zero-order valence-electron chi connectivity index (χ0n) is 13.9. The number of aliphatic imine (C=N–C) groups is 1. The number of rotatable bonds is 5. The third-order valence-corrected chi connectivity index (χ3v) is 3.25. The Hall–Kier alpha value is -2.77. The van der Waals surface area contributed by atoms with Gasteiger partial charge in [-0.3, -0.25) is 9.98 Å². The van der Waals surface area contributed by atoms with Gasteiger partial charge in [-0.15, -0.1) is 13.2 Å². The molecule has 1 aromatic carbocycles. The Morgan fingerprint density at radius 1 is 1.08 bits per heavy atom. The van der Waals surface area contributed by atoms with Crippen LogP contribution in [-0.4, -0.2) is 24.4 Å². The topological polar surface area (TPSA) is 58.5 Å². The molecule has 134 valence electrons. The number of alkyl halides is 3. The summed E-state index contributed by atoms with van der Waals surface area (Å²) in [6.45, 7) is 2.48. The number of ether oxygens (including phenoxy) is 1. The lowest BCUT2D eigenvalue weighted by Crippen LogP contribution is -2.36. The van der Waals surface area contributed by atoms with Crippen molar-refractivity contribution in [3.63, 3.8) is 0 Å². The van der Waals surface area contributed by atoms with Crippen molar-refractivity contribution in [2.75, 3.05) is 7.05 Å². The van der Waals surface area contributed by atoms with E-state index in [0.717, 1.165) is 11.4 Å². The first kappa shape index (κ1) is 18.6. The normalized spacial score (nSPS) is 12.0. The number of hydrogen-bond donors (Lipinski definition) is 2. The monoisotopic (exact) mass is 352 g/mol. The van der Waals surface area contributed by atoms with Crippen molar-refractivity contribution >= 4 is 5.96 Å². The largest absolute Gasteiger partial charge is 0.573 e. The number of nitrogens with zero attached hydrogens (tertiary/aromatic N) is 2. The van der Waals surface area contributed by atoms with Gasteiger partial charge in [0.15, 0.2) is 5.96 Å². The fourth-order valence-electron chi connectivity index (χ4n) is 2.15. The minimum Gasteiger partial charge on any atom is -0.405 e. The molecule has 1 aromatic heterocycles. The zero-order valence-corrected chi connectivity index (χ0v) is 13.9. The molecule has 0 aliphatic carbocycles. The van der Waals surface area contributed by atoms with Crippen LogP contribution in [0.4, 0.5) is 13.2 Å². The van der Waals surface area contributed by atoms with E-state index in [2.05, 4.69) is 25.3 Å². The first-order chi connectivity index (χ1) is 11.9. The van der Waals surface area contributed by atoms with Gasteiger partial charge in [0.25, 0.3) is 0 Å². The first-order valence-electron chi connectivity index (χ1n) is 7.58. The predicted molar refractivity (Wildman–Crippen MR) is 89.1 cm³/mol. The SMILES string of the molecule is CN=C(NCc1cccc(C)n1)NCc1ccccc1OC(F)(F)F. The van der Waals surface area contributed by atoms with Crippen LogP contribution >= 0.6 is 0 Å². The van der Waals surface area contributed by atoms with Crippen molar-refractivity contribution in [2.24, 2.45) is 4.99 Å². The summed E-state index contributed by atoms with van der Waals surface area (Å²) in [5.41, 5.74) is 2.11. The summed E-state index contributed by atoms with van der Waals surface area (Å²) in [6, 6.07) is 11.6. The third kappa shape index (κ3) is 6.33. The summed E-state index contributed by atoms with van der Waals surface area (Å²) < 4.78 is 41.4. The molecule has 0 saturated carbocycles. The van der Waals surface area contributed by atoms with Crippen LogP contribution in [0.5, 0.6) is 5.75 Å². The van der Waals surface area contributed by atoms with Crippen molar-refractivity contribution in [2.45, 2.75) is 26.4 Å². The maximum Gasteiger partial charge on any atom is 0.573 e. The molecule has 0 aliphatic heterocycles.